The van der Waals surface area contributed by atoms with Gasteiger partial charge >= 0.3 is 0 Å². The van der Waals surface area contributed by atoms with E-state index in [-0.39, 0.29) is 5.91 Å². The number of aromatic nitrogens is 1. The Morgan fingerprint density at radius 2 is 1.89 bits per heavy atom. The summed E-state index contributed by atoms with van der Waals surface area (Å²) in [5.74, 6) is -0.101. The van der Waals surface area contributed by atoms with Crippen molar-refractivity contribution < 1.29 is 4.79 Å². The highest BCUT2D eigenvalue weighted by Crippen LogP contribution is 2.28. The molecular formula is C22H21N3OS. The molecule has 2 aromatic carbocycles. The standard InChI is InChI=1S/C22H21N3OS/c1-3-16-10-7-11-18-17(12-19-21(26)24(2)22(27)23-19)14-25(20(16)18)13-15-8-5-4-6-9-15/h4-12,14H,3,13H2,1-2H3,(H,23,27)/b19-12-. The summed E-state index contributed by atoms with van der Waals surface area (Å²) in [4.78, 5) is 13.8. The molecule has 0 aliphatic carbocycles. The van der Waals surface area contributed by atoms with E-state index >= 15 is 0 Å². The molecule has 0 saturated carbocycles. The number of hydrogen-bond donors (Lipinski definition) is 1. The Bertz CT molecular complexity index is 1070. The van der Waals surface area contributed by atoms with Gasteiger partial charge in [0.25, 0.3) is 5.91 Å². The molecule has 1 saturated heterocycles. The first-order valence-corrected chi connectivity index (χ1v) is 9.44. The summed E-state index contributed by atoms with van der Waals surface area (Å²) >= 11 is 5.19. The number of carbonyl (C=O) groups is 1. The zero-order valence-corrected chi connectivity index (χ0v) is 16.2. The maximum atomic E-state index is 12.4. The number of carbonyl (C=O) groups excluding carboxylic acids is 1. The average Bonchev–Trinajstić information content (AvgIpc) is 3.15. The molecule has 1 aromatic heterocycles. The van der Waals surface area contributed by atoms with Gasteiger partial charge in [-0.2, -0.15) is 0 Å². The van der Waals surface area contributed by atoms with Gasteiger partial charge in [0.2, 0.25) is 0 Å². The molecule has 0 bridgehead atoms. The van der Waals surface area contributed by atoms with E-state index in [4.69, 9.17) is 12.2 Å². The van der Waals surface area contributed by atoms with E-state index in [1.165, 1.54) is 21.5 Å². The third-order valence-electron chi connectivity index (χ3n) is 4.97. The number of hydrogen-bond acceptors (Lipinski definition) is 2. The highest BCUT2D eigenvalue weighted by molar-refractivity contribution is 7.80. The molecule has 0 atom stereocenters. The van der Waals surface area contributed by atoms with Crippen molar-refractivity contribution in [3.8, 4) is 0 Å². The second kappa shape index (κ2) is 7.00. The lowest BCUT2D eigenvalue weighted by Crippen LogP contribution is -2.25. The highest BCUT2D eigenvalue weighted by atomic mass is 32.1. The van der Waals surface area contributed by atoms with Crippen molar-refractivity contribution in [2.75, 3.05) is 7.05 Å². The smallest absolute Gasteiger partial charge is 0.276 e. The number of nitrogens with one attached hydrogen (secondary N) is 1. The number of rotatable bonds is 4. The Morgan fingerprint density at radius 3 is 2.56 bits per heavy atom. The summed E-state index contributed by atoms with van der Waals surface area (Å²) in [7, 11) is 1.69. The summed E-state index contributed by atoms with van der Waals surface area (Å²) in [5, 5.41) is 4.60. The number of nitrogens with zero attached hydrogens (tertiary/aromatic N) is 2. The van der Waals surface area contributed by atoms with Gasteiger partial charge in [-0.3, -0.25) is 9.69 Å². The molecule has 1 aliphatic heterocycles. The molecule has 3 aromatic rings. The number of amides is 1. The Balaban J connectivity index is 1.85. The molecular weight excluding hydrogens is 354 g/mol. The summed E-state index contributed by atoms with van der Waals surface area (Å²) in [5.41, 5.74) is 5.30. The van der Waals surface area contributed by atoms with Crippen molar-refractivity contribution in [3.05, 3.63) is 77.1 Å². The van der Waals surface area contributed by atoms with E-state index in [1.807, 2.05) is 12.1 Å². The average molecular weight is 375 g/mol. The number of benzene rings is 2. The first-order valence-electron chi connectivity index (χ1n) is 9.04. The summed E-state index contributed by atoms with van der Waals surface area (Å²) in [6.45, 7) is 2.96. The van der Waals surface area contributed by atoms with Gasteiger partial charge < -0.3 is 9.88 Å². The molecule has 136 valence electrons. The monoisotopic (exact) mass is 375 g/mol. The Kier molecular flexibility index (Phi) is 4.54. The van der Waals surface area contributed by atoms with Crippen molar-refractivity contribution in [2.24, 2.45) is 0 Å². The van der Waals surface area contributed by atoms with E-state index in [9.17, 15) is 4.79 Å². The van der Waals surface area contributed by atoms with E-state index in [0.717, 1.165) is 23.9 Å². The second-order valence-corrected chi connectivity index (χ2v) is 7.10. The van der Waals surface area contributed by atoms with Crippen LogP contribution in [0, 0.1) is 0 Å². The third-order valence-corrected chi connectivity index (χ3v) is 5.35. The fraction of sp³-hybridized carbons (Fsp3) is 0.182. The van der Waals surface area contributed by atoms with E-state index in [0.29, 0.717) is 10.8 Å². The topological polar surface area (TPSA) is 37.3 Å². The molecule has 2 heterocycles. The predicted octanol–water partition coefficient (Wildman–Crippen LogP) is 3.94. The van der Waals surface area contributed by atoms with Crippen molar-refractivity contribution in [1.82, 2.24) is 14.8 Å². The molecule has 4 rings (SSSR count). The zero-order valence-electron chi connectivity index (χ0n) is 15.4. The quantitative estimate of drug-likeness (QED) is 0.554. The summed E-state index contributed by atoms with van der Waals surface area (Å²) in [6.07, 6.45) is 4.98. The molecule has 1 aliphatic rings. The van der Waals surface area contributed by atoms with Gasteiger partial charge in [0, 0.05) is 30.7 Å². The number of fused-ring (bicyclic) bond motifs is 1. The number of likely N-dealkylation sites (N-methyl/N-ethyl adjacent to an activating group) is 1. The van der Waals surface area contributed by atoms with E-state index < -0.39 is 0 Å². The van der Waals surface area contributed by atoms with Gasteiger partial charge in [0.15, 0.2) is 5.11 Å². The molecule has 5 heteroatoms. The van der Waals surface area contributed by atoms with Crippen molar-refractivity contribution in [2.45, 2.75) is 19.9 Å². The SMILES string of the molecule is CCc1cccc2c(/C=C3\NC(=S)N(C)C3=O)cn(Cc3ccccc3)c12. The lowest BCUT2D eigenvalue weighted by molar-refractivity contribution is -0.121. The van der Waals surface area contributed by atoms with Gasteiger partial charge in [-0.25, -0.2) is 0 Å². The van der Waals surface area contributed by atoms with Crippen LogP contribution in [0.5, 0.6) is 0 Å². The van der Waals surface area contributed by atoms with Crippen LogP contribution in [-0.4, -0.2) is 27.5 Å². The largest absolute Gasteiger partial charge is 0.342 e. The number of thiocarbonyl (C=S) groups is 1. The van der Waals surface area contributed by atoms with E-state index in [1.54, 1.807) is 7.05 Å². The van der Waals surface area contributed by atoms with Gasteiger partial charge in [-0.15, -0.1) is 0 Å². The van der Waals surface area contributed by atoms with Gasteiger partial charge in [0.1, 0.15) is 5.70 Å². The van der Waals surface area contributed by atoms with Crippen LogP contribution in [0.2, 0.25) is 0 Å². The Hall–Kier alpha value is -2.92. The first kappa shape index (κ1) is 17.5. The molecule has 0 unspecified atom stereocenters. The van der Waals surface area contributed by atoms with Crippen LogP contribution < -0.4 is 5.32 Å². The summed E-state index contributed by atoms with van der Waals surface area (Å²) < 4.78 is 2.28. The summed E-state index contributed by atoms with van der Waals surface area (Å²) in [6, 6.07) is 16.8. The normalized spacial score (nSPS) is 15.8. The second-order valence-electron chi connectivity index (χ2n) is 6.72. The van der Waals surface area contributed by atoms with Crippen LogP contribution in [0.25, 0.3) is 17.0 Å². The van der Waals surface area contributed by atoms with E-state index in [2.05, 4.69) is 65.5 Å². The van der Waals surface area contributed by atoms with Crippen molar-refractivity contribution in [3.63, 3.8) is 0 Å². The molecule has 1 fully saturated rings. The van der Waals surface area contributed by atoms with Crippen LogP contribution in [0.4, 0.5) is 0 Å². The maximum Gasteiger partial charge on any atom is 0.276 e. The van der Waals surface area contributed by atoms with Crippen LogP contribution in [-0.2, 0) is 17.8 Å². The van der Waals surface area contributed by atoms with Crippen LogP contribution >= 0.6 is 12.2 Å². The minimum absolute atomic E-state index is 0.101. The Labute approximate surface area is 164 Å². The molecule has 1 amide bonds. The maximum absolute atomic E-state index is 12.4. The van der Waals surface area contributed by atoms with Crippen LogP contribution in [0.15, 0.2) is 60.4 Å². The van der Waals surface area contributed by atoms with Gasteiger partial charge in [-0.05, 0) is 35.8 Å². The molecule has 0 spiro atoms. The molecule has 4 nitrogen and oxygen atoms in total. The molecule has 0 radical (unpaired) electrons. The molecule has 27 heavy (non-hydrogen) atoms. The number of aryl methyl sites for hydroxylation is 1. The molecule has 1 N–H and O–H groups in total. The van der Waals surface area contributed by atoms with Crippen molar-refractivity contribution in [1.29, 1.82) is 0 Å². The zero-order chi connectivity index (χ0) is 19.0. The number of para-hydroxylation sites is 1. The van der Waals surface area contributed by atoms with Crippen LogP contribution in [0.1, 0.15) is 23.6 Å². The first-order chi connectivity index (χ1) is 13.1. The predicted molar refractivity (Wildman–Crippen MR) is 113 cm³/mol. The fourth-order valence-corrected chi connectivity index (χ4v) is 3.74. The highest BCUT2D eigenvalue weighted by Gasteiger charge is 2.27. The minimum atomic E-state index is -0.101. The third kappa shape index (κ3) is 3.15. The van der Waals surface area contributed by atoms with Crippen LogP contribution in [0.3, 0.4) is 0 Å². The lowest BCUT2D eigenvalue weighted by atomic mass is 10.1. The van der Waals surface area contributed by atoms with Crippen molar-refractivity contribution >= 4 is 40.2 Å². The Morgan fingerprint density at radius 1 is 1.11 bits per heavy atom. The lowest BCUT2D eigenvalue weighted by Gasteiger charge is -2.08. The van der Waals surface area contributed by atoms with Gasteiger partial charge in [0.05, 0.1) is 5.52 Å². The van der Waals surface area contributed by atoms with Gasteiger partial charge in [-0.1, -0.05) is 55.5 Å². The fourth-order valence-electron chi connectivity index (χ4n) is 3.55. The minimum Gasteiger partial charge on any atom is -0.342 e.